The van der Waals surface area contributed by atoms with Gasteiger partial charge in [0.05, 0.1) is 13.2 Å². The van der Waals surface area contributed by atoms with Gasteiger partial charge >= 0.3 is 0 Å². The molecule has 0 aliphatic carbocycles. The summed E-state index contributed by atoms with van der Waals surface area (Å²) in [6.07, 6.45) is 7.76. The minimum Gasteiger partial charge on any atom is -0.508 e. The van der Waals surface area contributed by atoms with Crippen LogP contribution >= 0.6 is 0 Å². The van der Waals surface area contributed by atoms with Crippen LogP contribution < -0.4 is 10.5 Å². The van der Waals surface area contributed by atoms with E-state index in [4.69, 9.17) is 10.5 Å². The Morgan fingerprint density at radius 1 is 1.16 bits per heavy atom. The smallest absolute Gasteiger partial charge is 0.122 e. The number of aromatic hydroxyl groups is 1. The number of aliphatic hydroxyl groups is 1. The van der Waals surface area contributed by atoms with Crippen LogP contribution in [0.2, 0.25) is 0 Å². The van der Waals surface area contributed by atoms with E-state index < -0.39 is 5.54 Å². The summed E-state index contributed by atoms with van der Waals surface area (Å²) in [5, 5.41) is 19.7. The van der Waals surface area contributed by atoms with Crippen LogP contribution in [0.15, 0.2) is 18.2 Å². The molecule has 25 heavy (non-hydrogen) atoms. The largest absolute Gasteiger partial charge is 0.508 e. The topological polar surface area (TPSA) is 75.7 Å². The van der Waals surface area contributed by atoms with Gasteiger partial charge in [0, 0.05) is 11.6 Å². The minimum absolute atomic E-state index is 0.0282. The van der Waals surface area contributed by atoms with Gasteiger partial charge in [-0.25, -0.2) is 0 Å². The van der Waals surface area contributed by atoms with Crippen LogP contribution in [0.3, 0.4) is 0 Å². The molecule has 0 spiro atoms. The number of phenols is 1. The third kappa shape index (κ3) is 8.59. The molecule has 0 radical (unpaired) electrons. The highest BCUT2D eigenvalue weighted by Crippen LogP contribution is 2.27. The Morgan fingerprint density at radius 2 is 1.92 bits per heavy atom. The molecule has 4 heteroatoms. The van der Waals surface area contributed by atoms with Gasteiger partial charge in [-0.1, -0.05) is 52.5 Å². The lowest BCUT2D eigenvalue weighted by atomic mass is 9.88. The molecule has 0 amide bonds. The molecule has 0 unspecified atom stereocenters. The summed E-state index contributed by atoms with van der Waals surface area (Å²) >= 11 is 0. The lowest BCUT2D eigenvalue weighted by Gasteiger charge is -2.27. The summed E-state index contributed by atoms with van der Waals surface area (Å²) in [6, 6.07) is 5.48. The Morgan fingerprint density at radius 3 is 2.52 bits per heavy atom. The highest BCUT2D eigenvalue weighted by Gasteiger charge is 2.23. The summed E-state index contributed by atoms with van der Waals surface area (Å²) in [6.45, 7) is 7.21. The maximum absolute atomic E-state index is 10.2. The molecule has 1 atom stereocenters. The van der Waals surface area contributed by atoms with E-state index in [0.29, 0.717) is 25.2 Å². The third-order valence-electron chi connectivity index (χ3n) is 4.71. The zero-order chi connectivity index (χ0) is 18.7. The average Bonchev–Trinajstić information content (AvgIpc) is 2.57. The molecule has 144 valence electrons. The van der Waals surface area contributed by atoms with Gasteiger partial charge in [-0.3, -0.25) is 0 Å². The predicted octanol–water partition coefficient (Wildman–Crippen LogP) is 4.41. The zero-order valence-electron chi connectivity index (χ0n) is 16.3. The molecule has 0 bridgehead atoms. The van der Waals surface area contributed by atoms with Crippen molar-refractivity contribution < 1.29 is 14.9 Å². The zero-order valence-corrected chi connectivity index (χ0v) is 16.3. The second kappa shape index (κ2) is 11.4. The molecule has 0 aromatic heterocycles. The Hall–Kier alpha value is -1.26. The molecular formula is C21H37NO3. The number of ether oxygens (including phenoxy) is 1. The van der Waals surface area contributed by atoms with Crippen LogP contribution in [0.1, 0.15) is 71.3 Å². The first kappa shape index (κ1) is 21.8. The number of aliphatic hydroxyl groups excluding tert-OH is 1. The summed E-state index contributed by atoms with van der Waals surface area (Å²) in [7, 11) is 0. The van der Waals surface area contributed by atoms with Crippen molar-refractivity contribution in [2.45, 2.75) is 77.7 Å². The van der Waals surface area contributed by atoms with Crippen molar-refractivity contribution in [1.82, 2.24) is 0 Å². The van der Waals surface area contributed by atoms with Gasteiger partial charge < -0.3 is 20.7 Å². The Bertz CT molecular complexity index is 490. The number of unbranched alkanes of at least 4 members (excludes halogenated alkanes) is 2. The molecule has 1 aromatic rings. The molecule has 1 rings (SSSR count). The van der Waals surface area contributed by atoms with Crippen LogP contribution in [0.5, 0.6) is 11.5 Å². The standard InChI is InChI=1S/C21H37NO3/c1-4-12-21(22,16-23)13-11-18-9-10-19(15-20(18)24)25-14-7-5-6-8-17(2)3/h9-10,15,17,23-24H,4-8,11-14,16,22H2,1-3H3/t21-/m0/s1. The van der Waals surface area contributed by atoms with Crippen molar-refractivity contribution in [3.63, 3.8) is 0 Å². The minimum atomic E-state index is -0.563. The van der Waals surface area contributed by atoms with Crippen molar-refractivity contribution in [2.24, 2.45) is 11.7 Å². The van der Waals surface area contributed by atoms with Crippen LogP contribution in [-0.4, -0.2) is 29.0 Å². The van der Waals surface area contributed by atoms with Crippen molar-refractivity contribution in [1.29, 1.82) is 0 Å². The van der Waals surface area contributed by atoms with E-state index >= 15 is 0 Å². The normalized spacial score (nSPS) is 13.8. The molecule has 4 nitrogen and oxygen atoms in total. The maximum Gasteiger partial charge on any atom is 0.122 e. The van der Waals surface area contributed by atoms with Crippen molar-refractivity contribution in [3.8, 4) is 11.5 Å². The quantitative estimate of drug-likeness (QED) is 0.460. The van der Waals surface area contributed by atoms with Gasteiger partial charge in [0.15, 0.2) is 0 Å². The summed E-state index contributed by atoms with van der Waals surface area (Å²) in [5.74, 6) is 1.72. The predicted molar refractivity (Wildman–Crippen MR) is 104 cm³/mol. The number of nitrogens with two attached hydrogens (primary N) is 1. The molecule has 0 heterocycles. The molecule has 0 aliphatic rings. The molecule has 0 fully saturated rings. The van der Waals surface area contributed by atoms with E-state index in [1.54, 1.807) is 6.07 Å². The molecule has 0 saturated heterocycles. The fourth-order valence-corrected chi connectivity index (χ4v) is 3.03. The number of phenolic OH excluding ortho intramolecular Hbond substituents is 1. The van der Waals surface area contributed by atoms with Crippen LogP contribution in [-0.2, 0) is 6.42 Å². The van der Waals surface area contributed by atoms with Gasteiger partial charge in [-0.15, -0.1) is 0 Å². The Labute approximate surface area is 153 Å². The van der Waals surface area contributed by atoms with E-state index in [1.165, 1.54) is 19.3 Å². The van der Waals surface area contributed by atoms with Gasteiger partial charge in [-0.05, 0) is 43.2 Å². The summed E-state index contributed by atoms with van der Waals surface area (Å²) in [4.78, 5) is 0. The van der Waals surface area contributed by atoms with Crippen LogP contribution in [0.4, 0.5) is 0 Å². The molecule has 0 saturated carbocycles. The van der Waals surface area contributed by atoms with E-state index in [-0.39, 0.29) is 12.4 Å². The highest BCUT2D eigenvalue weighted by atomic mass is 16.5. The first-order valence-corrected chi connectivity index (χ1v) is 9.74. The van der Waals surface area contributed by atoms with Gasteiger partial charge in [-0.2, -0.15) is 0 Å². The fraction of sp³-hybridized carbons (Fsp3) is 0.714. The van der Waals surface area contributed by atoms with E-state index in [0.717, 1.165) is 30.7 Å². The first-order valence-electron chi connectivity index (χ1n) is 9.74. The molecule has 4 N–H and O–H groups in total. The fourth-order valence-electron chi connectivity index (χ4n) is 3.03. The lowest BCUT2D eigenvalue weighted by Crippen LogP contribution is -2.43. The maximum atomic E-state index is 10.2. The number of hydrogen-bond acceptors (Lipinski definition) is 4. The summed E-state index contributed by atoms with van der Waals surface area (Å²) in [5.41, 5.74) is 6.49. The van der Waals surface area contributed by atoms with E-state index in [1.807, 2.05) is 12.1 Å². The van der Waals surface area contributed by atoms with E-state index in [2.05, 4.69) is 20.8 Å². The lowest BCUT2D eigenvalue weighted by molar-refractivity contribution is 0.177. The SMILES string of the molecule is CCC[C@@](N)(CO)CCc1ccc(OCCCCCC(C)C)cc1O. The number of hydrogen-bond donors (Lipinski definition) is 3. The van der Waals surface area contributed by atoms with Gasteiger partial charge in [0.2, 0.25) is 0 Å². The third-order valence-corrected chi connectivity index (χ3v) is 4.71. The van der Waals surface area contributed by atoms with Crippen LogP contribution in [0, 0.1) is 5.92 Å². The molecular weight excluding hydrogens is 314 g/mol. The summed E-state index contributed by atoms with van der Waals surface area (Å²) < 4.78 is 5.73. The number of rotatable bonds is 13. The van der Waals surface area contributed by atoms with Gasteiger partial charge in [0.1, 0.15) is 11.5 Å². The molecule has 1 aromatic carbocycles. The highest BCUT2D eigenvalue weighted by molar-refractivity contribution is 5.39. The van der Waals surface area contributed by atoms with Gasteiger partial charge in [0.25, 0.3) is 0 Å². The second-order valence-electron chi connectivity index (χ2n) is 7.65. The van der Waals surface area contributed by atoms with Crippen molar-refractivity contribution in [3.05, 3.63) is 23.8 Å². The van der Waals surface area contributed by atoms with E-state index in [9.17, 15) is 10.2 Å². The van der Waals surface area contributed by atoms with Crippen molar-refractivity contribution >= 4 is 0 Å². The van der Waals surface area contributed by atoms with Crippen molar-refractivity contribution in [2.75, 3.05) is 13.2 Å². The monoisotopic (exact) mass is 351 g/mol. The average molecular weight is 352 g/mol. The number of aryl methyl sites for hydroxylation is 1. The van der Waals surface area contributed by atoms with Crippen LogP contribution in [0.25, 0.3) is 0 Å². The Kier molecular flexibility index (Phi) is 9.91. The number of benzene rings is 1. The molecule has 0 aliphatic heterocycles. The second-order valence-corrected chi connectivity index (χ2v) is 7.65. The Balaban J connectivity index is 2.41. The first-order chi connectivity index (χ1) is 11.9.